The molecule has 2 N–H and O–H groups in total. The first kappa shape index (κ1) is 17.0. The first-order valence-corrected chi connectivity index (χ1v) is 8.34. The molecule has 0 aromatic rings. The lowest BCUT2D eigenvalue weighted by Gasteiger charge is -2.34. The van der Waals surface area contributed by atoms with E-state index in [1.165, 1.54) is 44.9 Å². The van der Waals surface area contributed by atoms with Gasteiger partial charge >= 0.3 is 0 Å². The van der Waals surface area contributed by atoms with E-state index in [9.17, 15) is 5.11 Å². The number of rotatable bonds is 6. The van der Waals surface area contributed by atoms with Crippen molar-refractivity contribution in [3.8, 4) is 0 Å². The van der Waals surface area contributed by atoms with Crippen molar-refractivity contribution in [2.24, 2.45) is 11.3 Å². The normalized spacial score (nSPS) is 27.0. The van der Waals surface area contributed by atoms with Gasteiger partial charge in [-0.2, -0.15) is 0 Å². The highest BCUT2D eigenvalue weighted by molar-refractivity contribution is 4.85. The molecule has 1 aliphatic rings. The number of hydrogen-bond donors (Lipinski definition) is 2. The van der Waals surface area contributed by atoms with Crippen LogP contribution in [0.25, 0.3) is 0 Å². The summed E-state index contributed by atoms with van der Waals surface area (Å²) in [5.41, 5.74) is 0.234. The highest BCUT2D eigenvalue weighted by Gasteiger charge is 2.27. The summed E-state index contributed by atoms with van der Waals surface area (Å²) in [6, 6.07) is 1.10. The van der Waals surface area contributed by atoms with Gasteiger partial charge in [-0.1, -0.05) is 53.4 Å². The third-order valence-electron chi connectivity index (χ3n) is 4.69. The SMILES string of the molecule is CCCC1CCCC(NC(CCO)C(C)(C)C)CC1. The Morgan fingerprint density at radius 1 is 1.16 bits per heavy atom. The molecule has 0 aromatic heterocycles. The van der Waals surface area contributed by atoms with E-state index in [0.717, 1.165) is 12.3 Å². The summed E-state index contributed by atoms with van der Waals surface area (Å²) in [7, 11) is 0. The number of aliphatic hydroxyl groups is 1. The van der Waals surface area contributed by atoms with Gasteiger partial charge in [-0.25, -0.2) is 0 Å². The molecule has 3 unspecified atom stereocenters. The lowest BCUT2D eigenvalue weighted by molar-refractivity contribution is 0.181. The fourth-order valence-electron chi connectivity index (χ4n) is 3.42. The van der Waals surface area contributed by atoms with Gasteiger partial charge in [0.2, 0.25) is 0 Å². The summed E-state index contributed by atoms with van der Waals surface area (Å²) in [6.45, 7) is 9.42. The Morgan fingerprint density at radius 2 is 1.89 bits per heavy atom. The van der Waals surface area contributed by atoms with Crippen molar-refractivity contribution >= 4 is 0 Å². The Balaban J connectivity index is 2.46. The molecule has 0 amide bonds. The van der Waals surface area contributed by atoms with Crippen LogP contribution in [0, 0.1) is 11.3 Å². The van der Waals surface area contributed by atoms with E-state index < -0.39 is 0 Å². The minimum absolute atomic E-state index is 0.234. The second-order valence-electron chi connectivity index (χ2n) is 7.46. The van der Waals surface area contributed by atoms with Crippen LogP contribution in [0.5, 0.6) is 0 Å². The minimum Gasteiger partial charge on any atom is -0.396 e. The topological polar surface area (TPSA) is 32.3 Å². The van der Waals surface area contributed by atoms with Crippen LogP contribution in [0.2, 0.25) is 0 Å². The lowest BCUT2D eigenvalue weighted by atomic mass is 9.84. The molecule has 3 atom stereocenters. The number of nitrogens with one attached hydrogen (secondary N) is 1. The maximum atomic E-state index is 9.26. The molecule has 0 spiro atoms. The van der Waals surface area contributed by atoms with Crippen molar-refractivity contribution < 1.29 is 5.11 Å². The Bertz CT molecular complexity index is 234. The van der Waals surface area contributed by atoms with Crippen LogP contribution in [0.3, 0.4) is 0 Å². The highest BCUT2D eigenvalue weighted by atomic mass is 16.3. The lowest BCUT2D eigenvalue weighted by Crippen LogP contribution is -2.46. The van der Waals surface area contributed by atoms with Gasteiger partial charge in [-0.3, -0.25) is 0 Å². The van der Waals surface area contributed by atoms with Crippen LogP contribution in [0.1, 0.15) is 79.1 Å². The smallest absolute Gasteiger partial charge is 0.0446 e. The Hall–Kier alpha value is -0.0800. The Kier molecular flexibility index (Phi) is 7.38. The second kappa shape index (κ2) is 8.26. The van der Waals surface area contributed by atoms with E-state index in [2.05, 4.69) is 33.0 Å². The van der Waals surface area contributed by atoms with E-state index >= 15 is 0 Å². The Morgan fingerprint density at radius 3 is 2.47 bits per heavy atom. The molecular weight excluding hydrogens is 234 g/mol. The molecule has 1 saturated carbocycles. The molecule has 1 rings (SSSR count). The maximum absolute atomic E-state index is 9.26. The van der Waals surface area contributed by atoms with Crippen molar-refractivity contribution in [3.63, 3.8) is 0 Å². The Labute approximate surface area is 120 Å². The van der Waals surface area contributed by atoms with Gasteiger partial charge in [0.05, 0.1) is 0 Å². The quantitative estimate of drug-likeness (QED) is 0.711. The zero-order chi connectivity index (χ0) is 14.3. The predicted octanol–water partition coefficient (Wildman–Crippen LogP) is 4.12. The van der Waals surface area contributed by atoms with Gasteiger partial charge in [-0.05, 0) is 37.0 Å². The molecule has 1 fully saturated rings. The molecule has 2 heteroatoms. The molecule has 0 saturated heterocycles. The third kappa shape index (κ3) is 6.27. The molecule has 2 nitrogen and oxygen atoms in total. The monoisotopic (exact) mass is 269 g/mol. The molecule has 0 heterocycles. The average molecular weight is 269 g/mol. The van der Waals surface area contributed by atoms with Crippen LogP contribution in [-0.4, -0.2) is 23.8 Å². The van der Waals surface area contributed by atoms with E-state index in [-0.39, 0.29) is 5.41 Å². The summed E-state index contributed by atoms with van der Waals surface area (Å²) >= 11 is 0. The van der Waals surface area contributed by atoms with Gasteiger partial charge in [0.1, 0.15) is 0 Å². The van der Waals surface area contributed by atoms with E-state index in [1.54, 1.807) is 0 Å². The molecular formula is C17H35NO. The van der Waals surface area contributed by atoms with Crippen LogP contribution >= 0.6 is 0 Å². The van der Waals surface area contributed by atoms with Gasteiger partial charge in [0.25, 0.3) is 0 Å². The van der Waals surface area contributed by atoms with Gasteiger partial charge in [0, 0.05) is 18.7 Å². The summed E-state index contributed by atoms with van der Waals surface area (Å²) in [5, 5.41) is 13.1. The van der Waals surface area contributed by atoms with Crippen LogP contribution in [0.15, 0.2) is 0 Å². The first-order chi connectivity index (χ1) is 8.97. The van der Waals surface area contributed by atoms with Crippen molar-refractivity contribution in [3.05, 3.63) is 0 Å². The number of aliphatic hydroxyl groups excluding tert-OH is 1. The maximum Gasteiger partial charge on any atom is 0.0446 e. The van der Waals surface area contributed by atoms with Crippen molar-refractivity contribution in [2.45, 2.75) is 91.1 Å². The van der Waals surface area contributed by atoms with Crippen LogP contribution < -0.4 is 5.32 Å². The number of hydrogen-bond acceptors (Lipinski definition) is 2. The van der Waals surface area contributed by atoms with Gasteiger partial charge < -0.3 is 10.4 Å². The molecule has 19 heavy (non-hydrogen) atoms. The summed E-state index contributed by atoms with van der Waals surface area (Å²) < 4.78 is 0. The van der Waals surface area contributed by atoms with Crippen LogP contribution in [-0.2, 0) is 0 Å². The van der Waals surface area contributed by atoms with Gasteiger partial charge in [-0.15, -0.1) is 0 Å². The highest BCUT2D eigenvalue weighted by Crippen LogP contribution is 2.29. The van der Waals surface area contributed by atoms with Crippen molar-refractivity contribution in [1.82, 2.24) is 5.32 Å². The van der Waals surface area contributed by atoms with Crippen molar-refractivity contribution in [2.75, 3.05) is 6.61 Å². The average Bonchev–Trinajstić information content (AvgIpc) is 2.54. The van der Waals surface area contributed by atoms with Gasteiger partial charge in [0.15, 0.2) is 0 Å². The zero-order valence-electron chi connectivity index (χ0n) is 13.5. The minimum atomic E-state index is 0.234. The largest absolute Gasteiger partial charge is 0.396 e. The zero-order valence-corrected chi connectivity index (χ0v) is 13.5. The molecule has 114 valence electrons. The predicted molar refractivity (Wildman–Crippen MR) is 83.4 cm³/mol. The van der Waals surface area contributed by atoms with Crippen molar-refractivity contribution in [1.29, 1.82) is 0 Å². The third-order valence-corrected chi connectivity index (χ3v) is 4.69. The standard InChI is InChI=1S/C17H35NO/c1-5-7-14-8-6-9-15(11-10-14)18-16(12-13-19)17(2,3)4/h14-16,18-19H,5-13H2,1-4H3. The molecule has 0 aliphatic heterocycles. The summed E-state index contributed by atoms with van der Waals surface area (Å²) in [4.78, 5) is 0. The summed E-state index contributed by atoms with van der Waals surface area (Å²) in [5.74, 6) is 0.961. The fourth-order valence-corrected chi connectivity index (χ4v) is 3.42. The molecule has 0 bridgehead atoms. The molecule has 1 aliphatic carbocycles. The van der Waals surface area contributed by atoms with E-state index in [1.807, 2.05) is 0 Å². The van der Waals surface area contributed by atoms with Crippen LogP contribution in [0.4, 0.5) is 0 Å². The summed E-state index contributed by atoms with van der Waals surface area (Å²) in [6.07, 6.45) is 10.4. The molecule has 0 aromatic carbocycles. The second-order valence-corrected chi connectivity index (χ2v) is 7.46. The molecule has 0 radical (unpaired) electrons. The first-order valence-electron chi connectivity index (χ1n) is 8.34. The van der Waals surface area contributed by atoms with E-state index in [4.69, 9.17) is 0 Å². The van der Waals surface area contributed by atoms with E-state index in [0.29, 0.717) is 18.7 Å². The fraction of sp³-hybridized carbons (Fsp3) is 1.00.